The first kappa shape index (κ1) is 31.6. The molecule has 4 heteroatoms. The lowest BCUT2D eigenvalue weighted by Crippen LogP contribution is -2.31. The van der Waals surface area contributed by atoms with Crippen LogP contribution in [-0.2, 0) is 9.98 Å². The van der Waals surface area contributed by atoms with Crippen molar-refractivity contribution in [3.05, 3.63) is 210 Å². The molecule has 0 N–H and O–H groups in total. The Bertz CT molecular complexity index is 2870. The number of benzene rings is 7. The van der Waals surface area contributed by atoms with Crippen LogP contribution in [0.15, 0.2) is 176 Å². The van der Waals surface area contributed by atoms with Crippen LogP contribution >= 0.6 is 7.14 Å². The molecule has 0 radical (unpaired) electrons. The predicted molar refractivity (Wildman–Crippen MR) is 221 cm³/mol. The first-order valence-corrected chi connectivity index (χ1v) is 19.8. The fourth-order valence-corrected chi connectivity index (χ4v) is 11.6. The molecule has 1 aliphatic rings. The van der Waals surface area contributed by atoms with Crippen LogP contribution in [-0.4, -0.2) is 9.97 Å². The Morgan fingerprint density at radius 3 is 1.38 bits per heavy atom. The van der Waals surface area contributed by atoms with Crippen LogP contribution in [0.25, 0.3) is 43.4 Å². The molecule has 53 heavy (non-hydrogen) atoms. The SMILES string of the molecule is Cc1cncc(C2(c3cncc(C)c3)c3cc(P(=O)(c4ccccc4)c4ccccc4)ccc3-c3cc4c5ccccc5c5ccccc5c4cc32)c1. The van der Waals surface area contributed by atoms with Crippen molar-refractivity contribution in [3.63, 3.8) is 0 Å². The van der Waals surface area contributed by atoms with Gasteiger partial charge in [-0.05, 0) is 109 Å². The highest BCUT2D eigenvalue weighted by Crippen LogP contribution is 2.58. The van der Waals surface area contributed by atoms with E-state index in [0.717, 1.165) is 54.9 Å². The molecular formula is C49H35N2OP. The first-order chi connectivity index (χ1) is 26.0. The van der Waals surface area contributed by atoms with Gasteiger partial charge in [0.2, 0.25) is 0 Å². The summed E-state index contributed by atoms with van der Waals surface area (Å²) in [4.78, 5) is 9.62. The highest BCUT2D eigenvalue weighted by atomic mass is 31.2. The Morgan fingerprint density at radius 2 is 0.868 bits per heavy atom. The second kappa shape index (κ2) is 12.0. The number of hydrogen-bond acceptors (Lipinski definition) is 3. The van der Waals surface area contributed by atoms with Gasteiger partial charge in [0.25, 0.3) is 0 Å². The largest absolute Gasteiger partial charge is 0.309 e. The lowest BCUT2D eigenvalue weighted by Gasteiger charge is -2.34. The van der Waals surface area contributed by atoms with Crippen LogP contribution in [0, 0.1) is 13.8 Å². The van der Waals surface area contributed by atoms with E-state index >= 15 is 4.57 Å². The van der Waals surface area contributed by atoms with Gasteiger partial charge in [0.1, 0.15) is 0 Å². The minimum absolute atomic E-state index is 0.794. The molecule has 0 atom stereocenters. The Labute approximate surface area is 309 Å². The Kier molecular flexibility index (Phi) is 7.12. The van der Waals surface area contributed by atoms with Gasteiger partial charge < -0.3 is 4.57 Å². The Balaban J connectivity index is 1.39. The van der Waals surface area contributed by atoms with Gasteiger partial charge in [0.15, 0.2) is 7.14 Å². The lowest BCUT2D eigenvalue weighted by atomic mass is 9.68. The van der Waals surface area contributed by atoms with Crippen LogP contribution in [0.4, 0.5) is 0 Å². The van der Waals surface area contributed by atoms with E-state index in [9.17, 15) is 0 Å². The number of hydrogen-bond donors (Lipinski definition) is 0. The molecule has 1 aliphatic carbocycles. The van der Waals surface area contributed by atoms with Crippen LogP contribution in [0.2, 0.25) is 0 Å². The number of aryl methyl sites for hydroxylation is 2. The van der Waals surface area contributed by atoms with Crippen molar-refractivity contribution in [2.75, 3.05) is 0 Å². The van der Waals surface area contributed by atoms with E-state index in [1.807, 2.05) is 85.5 Å². The molecule has 2 aromatic heterocycles. The third-order valence-corrected chi connectivity index (χ3v) is 14.3. The Morgan fingerprint density at radius 1 is 0.415 bits per heavy atom. The van der Waals surface area contributed by atoms with E-state index in [1.54, 1.807) is 0 Å². The first-order valence-electron chi connectivity index (χ1n) is 18.1. The molecule has 9 aromatic rings. The standard InChI is InChI=1S/C49H35N2OP/c1-32-23-34(30-50-28-32)49(35-24-33(2)29-51-31-35)47-25-38(53(52,36-13-5-3-6-14-36)37-15-7-4-8-16-37)21-22-43(47)46-26-44-41-19-11-9-17-39(41)40-18-10-12-20-42(40)45(44)27-48(46)49/h3-31H,1-2H3. The van der Waals surface area contributed by atoms with Gasteiger partial charge in [-0.25, -0.2) is 0 Å². The van der Waals surface area contributed by atoms with E-state index in [4.69, 9.17) is 9.97 Å². The zero-order valence-electron chi connectivity index (χ0n) is 29.5. The van der Waals surface area contributed by atoms with Gasteiger partial charge >= 0.3 is 0 Å². The second-order valence-corrected chi connectivity index (χ2v) is 17.1. The Hall–Kier alpha value is -6.15. The molecule has 0 saturated carbocycles. The smallest absolute Gasteiger partial charge is 0.171 e. The summed E-state index contributed by atoms with van der Waals surface area (Å²) in [5, 5.41) is 9.77. The fourth-order valence-electron chi connectivity index (χ4n) is 8.93. The van der Waals surface area contributed by atoms with Crippen LogP contribution < -0.4 is 15.9 Å². The van der Waals surface area contributed by atoms with Gasteiger partial charge in [0.05, 0.1) is 5.41 Å². The van der Waals surface area contributed by atoms with Gasteiger partial charge in [0, 0.05) is 40.7 Å². The fraction of sp³-hybridized carbons (Fsp3) is 0.0612. The molecule has 0 unspecified atom stereocenters. The van der Waals surface area contributed by atoms with Crippen molar-refractivity contribution >= 4 is 55.4 Å². The second-order valence-electron chi connectivity index (χ2n) is 14.3. The maximum atomic E-state index is 15.9. The van der Waals surface area contributed by atoms with Crippen molar-refractivity contribution in [2.24, 2.45) is 0 Å². The molecule has 0 amide bonds. The summed E-state index contributed by atoms with van der Waals surface area (Å²) < 4.78 is 15.9. The van der Waals surface area contributed by atoms with Gasteiger partial charge in [-0.1, -0.05) is 133 Å². The number of pyridine rings is 2. The summed E-state index contributed by atoms with van der Waals surface area (Å²) in [6.07, 6.45) is 7.85. The predicted octanol–water partition coefficient (Wildman–Crippen LogP) is 10.6. The van der Waals surface area contributed by atoms with Crippen molar-refractivity contribution in [1.82, 2.24) is 9.97 Å². The molecule has 252 valence electrons. The third-order valence-electron chi connectivity index (χ3n) is 11.2. The van der Waals surface area contributed by atoms with Crippen molar-refractivity contribution in [1.29, 1.82) is 0 Å². The van der Waals surface area contributed by atoms with Gasteiger partial charge in [-0.15, -0.1) is 0 Å². The summed E-state index contributed by atoms with van der Waals surface area (Å²) >= 11 is 0. The van der Waals surface area contributed by atoms with E-state index in [2.05, 4.69) is 105 Å². The zero-order chi connectivity index (χ0) is 35.7. The normalized spacial score (nSPS) is 13.3. The number of aromatic nitrogens is 2. The van der Waals surface area contributed by atoms with Crippen molar-refractivity contribution in [3.8, 4) is 11.1 Å². The summed E-state index contributed by atoms with van der Waals surface area (Å²) in [5.74, 6) is 0. The molecule has 10 rings (SSSR count). The molecule has 0 bridgehead atoms. The van der Waals surface area contributed by atoms with Crippen LogP contribution in [0.1, 0.15) is 33.4 Å². The topological polar surface area (TPSA) is 42.9 Å². The zero-order valence-corrected chi connectivity index (χ0v) is 30.4. The average molecular weight is 699 g/mol. The molecular weight excluding hydrogens is 664 g/mol. The summed E-state index contributed by atoms with van der Waals surface area (Å²) in [5.41, 5.74) is 8.01. The minimum Gasteiger partial charge on any atom is -0.309 e. The summed E-state index contributed by atoms with van der Waals surface area (Å²) in [6.45, 7) is 4.20. The number of nitrogens with zero attached hydrogens (tertiary/aromatic N) is 2. The quantitative estimate of drug-likeness (QED) is 0.133. The molecule has 0 aliphatic heterocycles. The molecule has 7 aromatic carbocycles. The van der Waals surface area contributed by atoms with E-state index in [0.29, 0.717) is 0 Å². The van der Waals surface area contributed by atoms with E-state index in [1.165, 1.54) is 37.9 Å². The number of rotatable bonds is 5. The molecule has 0 saturated heterocycles. The molecule has 3 nitrogen and oxygen atoms in total. The lowest BCUT2D eigenvalue weighted by molar-refractivity contribution is 0.592. The molecule has 0 fully saturated rings. The third kappa shape index (κ3) is 4.57. The maximum Gasteiger partial charge on any atom is 0.171 e. The van der Waals surface area contributed by atoms with Gasteiger partial charge in [-0.3, -0.25) is 9.97 Å². The summed E-state index contributed by atoms with van der Waals surface area (Å²) in [6, 6.07) is 53.3. The van der Waals surface area contributed by atoms with Crippen molar-refractivity contribution < 1.29 is 4.57 Å². The number of fused-ring (bicyclic) bond motifs is 9. The van der Waals surface area contributed by atoms with E-state index in [-0.39, 0.29) is 0 Å². The molecule has 2 heterocycles. The van der Waals surface area contributed by atoms with Gasteiger partial charge in [-0.2, -0.15) is 0 Å². The molecule has 0 spiro atoms. The average Bonchev–Trinajstić information content (AvgIpc) is 3.50. The minimum atomic E-state index is -3.30. The highest BCUT2D eigenvalue weighted by Gasteiger charge is 2.48. The highest BCUT2D eigenvalue weighted by molar-refractivity contribution is 7.85. The maximum absolute atomic E-state index is 15.9. The van der Waals surface area contributed by atoms with E-state index < -0.39 is 12.6 Å². The van der Waals surface area contributed by atoms with Crippen LogP contribution in [0.3, 0.4) is 0 Å². The van der Waals surface area contributed by atoms with Crippen molar-refractivity contribution in [2.45, 2.75) is 19.3 Å². The monoisotopic (exact) mass is 698 g/mol. The van der Waals surface area contributed by atoms with Crippen LogP contribution in [0.5, 0.6) is 0 Å². The summed E-state index contributed by atoms with van der Waals surface area (Å²) in [7, 11) is -3.30.